The van der Waals surface area contributed by atoms with Crippen LogP contribution >= 0.6 is 0 Å². The lowest BCUT2D eigenvalue weighted by Crippen LogP contribution is -1.72. The number of rotatable bonds is 0. The molecule has 0 fully saturated rings. The number of hydrogen-bond acceptors (Lipinski definition) is 2. The van der Waals surface area contributed by atoms with Crippen LogP contribution in [0.4, 0.5) is 0 Å². The lowest BCUT2D eigenvalue weighted by atomic mass is 10.1. The summed E-state index contributed by atoms with van der Waals surface area (Å²) in [6.07, 6.45) is 0. The zero-order chi connectivity index (χ0) is 12.1. The van der Waals surface area contributed by atoms with Gasteiger partial charge in [0.1, 0.15) is 16.9 Å². The summed E-state index contributed by atoms with van der Waals surface area (Å²) < 4.78 is 5.91. The lowest BCUT2D eigenvalue weighted by Gasteiger charge is -1.97. The van der Waals surface area contributed by atoms with E-state index < -0.39 is 0 Å². The van der Waals surface area contributed by atoms with Gasteiger partial charge in [0, 0.05) is 16.2 Å². The Balaban J connectivity index is 2.30. The van der Waals surface area contributed by atoms with Gasteiger partial charge in [0.15, 0.2) is 0 Å². The van der Waals surface area contributed by atoms with Crippen molar-refractivity contribution in [3.05, 3.63) is 54.6 Å². The molecular weight excluding hydrogens is 224 g/mol. The Hall–Kier alpha value is -2.48. The van der Waals surface area contributed by atoms with E-state index in [0.717, 1.165) is 32.7 Å². The molecule has 0 aliphatic heterocycles. The Morgan fingerprint density at radius 3 is 2.61 bits per heavy atom. The van der Waals surface area contributed by atoms with E-state index in [1.807, 2.05) is 18.2 Å². The first kappa shape index (κ1) is 9.54. The van der Waals surface area contributed by atoms with E-state index >= 15 is 0 Å². The molecule has 0 atom stereocenters. The quantitative estimate of drug-likeness (QED) is 0.487. The topological polar surface area (TPSA) is 33.4 Å². The summed E-state index contributed by atoms with van der Waals surface area (Å²) in [5.74, 6) is 0.262. The summed E-state index contributed by atoms with van der Waals surface area (Å²) in [6, 6.07) is 17.5. The summed E-state index contributed by atoms with van der Waals surface area (Å²) in [5.41, 5.74) is 1.69. The van der Waals surface area contributed by atoms with E-state index in [4.69, 9.17) is 4.42 Å². The van der Waals surface area contributed by atoms with Crippen LogP contribution in [0.25, 0.3) is 32.7 Å². The molecule has 2 heteroatoms. The fourth-order valence-corrected chi connectivity index (χ4v) is 2.49. The number of hydrogen-bond donors (Lipinski definition) is 1. The smallest absolute Gasteiger partial charge is 0.143 e. The van der Waals surface area contributed by atoms with Gasteiger partial charge >= 0.3 is 0 Å². The van der Waals surface area contributed by atoms with Gasteiger partial charge in [0.05, 0.1) is 0 Å². The van der Waals surface area contributed by atoms with Gasteiger partial charge in [-0.2, -0.15) is 0 Å². The Bertz CT molecular complexity index is 887. The molecule has 86 valence electrons. The van der Waals surface area contributed by atoms with Gasteiger partial charge in [-0.1, -0.05) is 30.3 Å². The molecule has 0 saturated carbocycles. The average Bonchev–Trinajstić information content (AvgIpc) is 2.77. The molecule has 0 aliphatic carbocycles. The minimum atomic E-state index is 0.262. The van der Waals surface area contributed by atoms with Crippen molar-refractivity contribution >= 4 is 32.7 Å². The molecule has 1 aromatic heterocycles. The van der Waals surface area contributed by atoms with Gasteiger partial charge in [-0.3, -0.25) is 0 Å². The van der Waals surface area contributed by atoms with Gasteiger partial charge in [-0.25, -0.2) is 0 Å². The van der Waals surface area contributed by atoms with Crippen molar-refractivity contribution in [3.8, 4) is 5.75 Å². The summed E-state index contributed by atoms with van der Waals surface area (Å²) in [7, 11) is 0. The maximum absolute atomic E-state index is 9.58. The van der Waals surface area contributed by atoms with Crippen LogP contribution < -0.4 is 0 Å². The van der Waals surface area contributed by atoms with Crippen molar-refractivity contribution in [2.24, 2.45) is 0 Å². The van der Waals surface area contributed by atoms with Crippen molar-refractivity contribution in [2.75, 3.05) is 0 Å². The zero-order valence-corrected chi connectivity index (χ0v) is 9.55. The molecule has 18 heavy (non-hydrogen) atoms. The molecule has 0 aliphatic rings. The second kappa shape index (κ2) is 3.26. The van der Waals surface area contributed by atoms with Gasteiger partial charge in [0.25, 0.3) is 0 Å². The van der Waals surface area contributed by atoms with Crippen LogP contribution in [-0.4, -0.2) is 5.11 Å². The van der Waals surface area contributed by atoms with Gasteiger partial charge in [-0.15, -0.1) is 0 Å². The first-order valence-electron chi connectivity index (χ1n) is 5.86. The largest absolute Gasteiger partial charge is 0.508 e. The van der Waals surface area contributed by atoms with Crippen LogP contribution in [0, 0.1) is 0 Å². The zero-order valence-electron chi connectivity index (χ0n) is 9.55. The molecular formula is C16H10O2. The standard InChI is InChI=1S/C16H10O2/c17-11-6-8-15-14(9-11)13-7-5-10-3-1-2-4-12(10)16(13)18-15/h1-9,17H. The van der Waals surface area contributed by atoms with Crippen molar-refractivity contribution in [2.45, 2.75) is 0 Å². The number of phenolic OH excluding ortho intramolecular Hbond substituents is 1. The van der Waals surface area contributed by atoms with E-state index in [-0.39, 0.29) is 5.75 Å². The van der Waals surface area contributed by atoms with Crippen LogP contribution in [0.1, 0.15) is 0 Å². The van der Waals surface area contributed by atoms with Gasteiger partial charge in [0.2, 0.25) is 0 Å². The maximum Gasteiger partial charge on any atom is 0.143 e. The SMILES string of the molecule is Oc1ccc2oc3c4ccccc4ccc3c2c1. The molecule has 2 nitrogen and oxygen atoms in total. The van der Waals surface area contributed by atoms with E-state index in [0.29, 0.717) is 0 Å². The van der Waals surface area contributed by atoms with Crippen LogP contribution in [0.2, 0.25) is 0 Å². The van der Waals surface area contributed by atoms with Crippen LogP contribution in [0.3, 0.4) is 0 Å². The van der Waals surface area contributed by atoms with Crippen molar-refractivity contribution in [1.29, 1.82) is 0 Å². The summed E-state index contributed by atoms with van der Waals surface area (Å²) in [5, 5.41) is 13.8. The van der Waals surface area contributed by atoms with Crippen molar-refractivity contribution in [3.63, 3.8) is 0 Å². The predicted molar refractivity (Wildman–Crippen MR) is 72.9 cm³/mol. The molecule has 0 radical (unpaired) electrons. The molecule has 4 aromatic rings. The number of fused-ring (bicyclic) bond motifs is 5. The maximum atomic E-state index is 9.58. The highest BCUT2D eigenvalue weighted by molar-refractivity contribution is 6.15. The van der Waals surface area contributed by atoms with E-state index in [9.17, 15) is 5.11 Å². The summed E-state index contributed by atoms with van der Waals surface area (Å²) in [6.45, 7) is 0. The Morgan fingerprint density at radius 2 is 1.67 bits per heavy atom. The number of aromatic hydroxyl groups is 1. The molecule has 0 unspecified atom stereocenters. The van der Waals surface area contributed by atoms with E-state index in [2.05, 4.69) is 18.2 Å². The van der Waals surface area contributed by atoms with Crippen LogP contribution in [-0.2, 0) is 0 Å². The summed E-state index contributed by atoms with van der Waals surface area (Å²) >= 11 is 0. The highest BCUT2D eigenvalue weighted by Crippen LogP contribution is 2.35. The highest BCUT2D eigenvalue weighted by Gasteiger charge is 2.09. The molecule has 0 amide bonds. The predicted octanol–water partition coefficient (Wildman–Crippen LogP) is 4.44. The Labute approximate surface area is 103 Å². The first-order chi connectivity index (χ1) is 8.83. The number of furan rings is 1. The normalized spacial score (nSPS) is 11.6. The second-order valence-electron chi connectivity index (χ2n) is 4.45. The van der Waals surface area contributed by atoms with Gasteiger partial charge in [-0.05, 0) is 29.7 Å². The molecule has 0 saturated heterocycles. The minimum absolute atomic E-state index is 0.262. The molecule has 0 bridgehead atoms. The third-order valence-corrected chi connectivity index (χ3v) is 3.34. The molecule has 3 aromatic carbocycles. The second-order valence-corrected chi connectivity index (χ2v) is 4.45. The number of phenols is 1. The average molecular weight is 234 g/mol. The highest BCUT2D eigenvalue weighted by atomic mass is 16.3. The van der Waals surface area contributed by atoms with Gasteiger partial charge < -0.3 is 9.52 Å². The fourth-order valence-electron chi connectivity index (χ4n) is 2.49. The van der Waals surface area contributed by atoms with E-state index in [1.54, 1.807) is 18.2 Å². The first-order valence-corrected chi connectivity index (χ1v) is 5.86. The minimum Gasteiger partial charge on any atom is -0.508 e. The van der Waals surface area contributed by atoms with Crippen molar-refractivity contribution in [1.82, 2.24) is 0 Å². The Kier molecular flexibility index (Phi) is 1.73. The molecule has 1 N–H and O–H groups in total. The Morgan fingerprint density at radius 1 is 0.778 bits per heavy atom. The fraction of sp³-hybridized carbons (Fsp3) is 0. The van der Waals surface area contributed by atoms with E-state index in [1.165, 1.54) is 0 Å². The van der Waals surface area contributed by atoms with Crippen molar-refractivity contribution < 1.29 is 9.52 Å². The molecule has 4 rings (SSSR count). The summed E-state index contributed by atoms with van der Waals surface area (Å²) in [4.78, 5) is 0. The third kappa shape index (κ3) is 1.17. The molecule has 1 heterocycles. The van der Waals surface area contributed by atoms with Crippen LogP contribution in [0.5, 0.6) is 5.75 Å². The lowest BCUT2D eigenvalue weighted by molar-refractivity contribution is 0.476. The van der Waals surface area contributed by atoms with Crippen LogP contribution in [0.15, 0.2) is 59.0 Å². The molecule has 0 spiro atoms. The third-order valence-electron chi connectivity index (χ3n) is 3.34. The number of benzene rings is 3. The monoisotopic (exact) mass is 234 g/mol.